The van der Waals surface area contributed by atoms with Gasteiger partial charge in [-0.3, -0.25) is 4.68 Å². The maximum Gasteiger partial charge on any atom is 0.409 e. The number of carbonyl (C=O) groups is 1. The fraction of sp³-hybridized carbons (Fsp3) is 0.500. The number of amides is 1. The second kappa shape index (κ2) is 6.92. The minimum atomic E-state index is -0.274. The molecule has 3 heterocycles. The van der Waals surface area contributed by atoms with E-state index >= 15 is 0 Å². The number of likely N-dealkylation sites (tertiary alicyclic amines) is 1. The molecular weight excluding hydrogens is 358 g/mol. The average molecular weight is 381 g/mol. The van der Waals surface area contributed by atoms with Crippen LogP contribution in [-0.4, -0.2) is 51.1 Å². The summed E-state index contributed by atoms with van der Waals surface area (Å²) < 4.78 is 12.5. The Balaban J connectivity index is 1.35. The fourth-order valence-electron chi connectivity index (χ4n) is 4.06. The van der Waals surface area contributed by atoms with Crippen molar-refractivity contribution in [3.05, 3.63) is 30.2 Å². The van der Waals surface area contributed by atoms with Crippen molar-refractivity contribution in [2.24, 2.45) is 0 Å². The van der Waals surface area contributed by atoms with E-state index in [1.165, 1.54) is 26.4 Å². The highest BCUT2D eigenvalue weighted by Gasteiger charge is 2.28. The van der Waals surface area contributed by atoms with E-state index in [-0.39, 0.29) is 12.0 Å². The Bertz CT molecular complexity index is 998. The van der Waals surface area contributed by atoms with E-state index in [0.29, 0.717) is 30.8 Å². The lowest BCUT2D eigenvalue weighted by Crippen LogP contribution is -2.37. The van der Waals surface area contributed by atoms with Crippen LogP contribution in [0.2, 0.25) is 0 Å². The van der Waals surface area contributed by atoms with Crippen molar-refractivity contribution in [1.82, 2.24) is 24.8 Å². The molecule has 28 heavy (non-hydrogen) atoms. The summed E-state index contributed by atoms with van der Waals surface area (Å²) >= 11 is 0. The summed E-state index contributed by atoms with van der Waals surface area (Å²) in [6.45, 7) is 1.29. The van der Waals surface area contributed by atoms with Crippen molar-refractivity contribution in [2.75, 3.05) is 20.2 Å². The van der Waals surface area contributed by atoms with Gasteiger partial charge in [0.2, 0.25) is 0 Å². The highest BCUT2D eigenvalue weighted by Crippen LogP contribution is 2.35. The Morgan fingerprint density at radius 1 is 1.21 bits per heavy atom. The molecule has 2 aromatic heterocycles. The van der Waals surface area contributed by atoms with E-state index < -0.39 is 0 Å². The van der Waals surface area contributed by atoms with Crippen molar-refractivity contribution in [3.8, 4) is 11.5 Å². The van der Waals surface area contributed by atoms with Gasteiger partial charge in [-0.1, -0.05) is 11.2 Å². The number of piperidine rings is 1. The number of hydrogen-bond donors (Lipinski definition) is 0. The predicted octanol–water partition coefficient (Wildman–Crippen LogP) is 3.76. The number of ether oxygens (including phenoxy) is 1. The molecule has 1 aliphatic heterocycles. The van der Waals surface area contributed by atoms with Crippen molar-refractivity contribution < 1.29 is 14.1 Å². The van der Waals surface area contributed by atoms with Crippen molar-refractivity contribution in [3.63, 3.8) is 0 Å². The number of hydrogen-bond acceptors (Lipinski definition) is 6. The molecule has 3 aromatic rings. The lowest BCUT2D eigenvalue weighted by Gasteiger charge is -2.29. The molecule has 1 aliphatic carbocycles. The first-order valence-corrected chi connectivity index (χ1v) is 9.87. The Morgan fingerprint density at radius 2 is 2.04 bits per heavy atom. The summed E-state index contributed by atoms with van der Waals surface area (Å²) in [5, 5.41) is 9.91. The summed E-state index contributed by atoms with van der Waals surface area (Å²) in [6, 6.07) is 6.67. The zero-order valence-electron chi connectivity index (χ0n) is 15.9. The molecule has 0 radical (unpaired) electrons. The fourth-order valence-corrected chi connectivity index (χ4v) is 4.06. The van der Waals surface area contributed by atoms with Gasteiger partial charge in [-0.15, -0.1) is 0 Å². The van der Waals surface area contributed by atoms with Crippen LogP contribution in [0.5, 0.6) is 0 Å². The third-order valence-corrected chi connectivity index (χ3v) is 6.00. The van der Waals surface area contributed by atoms with Crippen LogP contribution >= 0.6 is 0 Å². The molecule has 2 aliphatic rings. The first-order valence-electron chi connectivity index (χ1n) is 9.87. The van der Waals surface area contributed by atoms with Crippen molar-refractivity contribution in [1.29, 1.82) is 0 Å². The number of carbonyl (C=O) groups excluding carboxylic acids is 1. The lowest BCUT2D eigenvalue weighted by atomic mass is 9.93. The highest BCUT2D eigenvalue weighted by molar-refractivity contribution is 5.83. The summed E-state index contributed by atoms with van der Waals surface area (Å²) in [7, 11) is 1.41. The van der Waals surface area contributed by atoms with Crippen molar-refractivity contribution in [2.45, 2.75) is 44.1 Å². The van der Waals surface area contributed by atoms with Gasteiger partial charge < -0.3 is 14.2 Å². The average Bonchev–Trinajstić information content (AvgIpc) is 3.34. The molecule has 146 valence electrons. The molecule has 0 N–H and O–H groups in total. The smallest absolute Gasteiger partial charge is 0.409 e. The summed E-state index contributed by atoms with van der Waals surface area (Å²) in [5.74, 6) is 1.45. The molecule has 1 aromatic carbocycles. The first-order chi connectivity index (χ1) is 13.7. The summed E-state index contributed by atoms with van der Waals surface area (Å²) in [5.41, 5.74) is 2.03. The van der Waals surface area contributed by atoms with Crippen LogP contribution < -0.4 is 0 Å². The van der Waals surface area contributed by atoms with E-state index in [4.69, 9.17) is 9.26 Å². The third kappa shape index (κ3) is 2.93. The van der Waals surface area contributed by atoms with Gasteiger partial charge in [0.1, 0.15) is 0 Å². The van der Waals surface area contributed by atoms with Gasteiger partial charge in [0.15, 0.2) is 5.82 Å². The molecule has 8 nitrogen and oxygen atoms in total. The van der Waals surface area contributed by atoms with E-state index in [0.717, 1.165) is 29.3 Å². The standard InChI is InChI=1S/C20H23N5O3/c1-27-20(26)24-9-7-13(8-10-24)18-22-19(28-23-18)14-5-6-15-12-21-25(17(15)11-14)16-3-2-4-16/h5-6,11-13,16H,2-4,7-10H2,1H3. The molecule has 0 spiro atoms. The zero-order valence-corrected chi connectivity index (χ0v) is 15.9. The molecular formula is C20H23N5O3. The van der Waals surface area contributed by atoms with Gasteiger partial charge in [0, 0.05) is 30.0 Å². The maximum absolute atomic E-state index is 11.6. The normalized spacial score (nSPS) is 18.4. The van der Waals surface area contributed by atoms with Crippen LogP contribution in [0.25, 0.3) is 22.4 Å². The molecule has 1 saturated carbocycles. The Labute approximate surface area is 162 Å². The number of aromatic nitrogens is 4. The van der Waals surface area contributed by atoms with Crippen LogP contribution in [0.15, 0.2) is 28.9 Å². The topological polar surface area (TPSA) is 86.3 Å². The summed E-state index contributed by atoms with van der Waals surface area (Å²) in [4.78, 5) is 18.0. The molecule has 0 atom stereocenters. The first kappa shape index (κ1) is 17.2. The van der Waals surface area contributed by atoms with Crippen LogP contribution in [0, 0.1) is 0 Å². The van der Waals surface area contributed by atoms with Crippen LogP contribution in [-0.2, 0) is 4.74 Å². The molecule has 5 rings (SSSR count). The van der Waals surface area contributed by atoms with Gasteiger partial charge in [-0.05, 0) is 44.2 Å². The number of rotatable bonds is 3. The van der Waals surface area contributed by atoms with E-state index in [1.807, 2.05) is 12.3 Å². The highest BCUT2D eigenvalue weighted by atomic mass is 16.5. The maximum atomic E-state index is 11.6. The summed E-state index contributed by atoms with van der Waals surface area (Å²) in [6.07, 6.45) is 6.91. The van der Waals surface area contributed by atoms with Crippen LogP contribution in [0.1, 0.15) is 49.9 Å². The monoisotopic (exact) mass is 381 g/mol. The quantitative estimate of drug-likeness (QED) is 0.687. The van der Waals surface area contributed by atoms with Gasteiger partial charge in [0.05, 0.1) is 24.9 Å². The van der Waals surface area contributed by atoms with Gasteiger partial charge >= 0.3 is 6.09 Å². The van der Waals surface area contributed by atoms with E-state index in [1.54, 1.807) is 4.90 Å². The van der Waals surface area contributed by atoms with Crippen molar-refractivity contribution >= 4 is 17.0 Å². The molecule has 1 saturated heterocycles. The minimum absolute atomic E-state index is 0.197. The second-order valence-corrected chi connectivity index (χ2v) is 7.64. The van der Waals surface area contributed by atoms with E-state index in [9.17, 15) is 4.79 Å². The molecule has 0 bridgehead atoms. The number of nitrogens with zero attached hydrogens (tertiary/aromatic N) is 5. The number of methoxy groups -OCH3 is 1. The number of fused-ring (bicyclic) bond motifs is 1. The van der Waals surface area contributed by atoms with Gasteiger partial charge in [-0.2, -0.15) is 10.1 Å². The molecule has 0 unspecified atom stereocenters. The SMILES string of the molecule is COC(=O)N1CCC(c2noc(-c3ccc4cnn(C5CCC5)c4c3)n2)CC1. The second-order valence-electron chi connectivity index (χ2n) is 7.64. The Morgan fingerprint density at radius 3 is 2.75 bits per heavy atom. The molecule has 8 heteroatoms. The van der Waals surface area contributed by atoms with Crippen LogP contribution in [0.3, 0.4) is 0 Å². The van der Waals surface area contributed by atoms with Gasteiger partial charge in [-0.25, -0.2) is 4.79 Å². The zero-order chi connectivity index (χ0) is 19.1. The molecule has 1 amide bonds. The van der Waals surface area contributed by atoms with Crippen LogP contribution in [0.4, 0.5) is 4.79 Å². The Kier molecular flexibility index (Phi) is 4.26. The lowest BCUT2D eigenvalue weighted by molar-refractivity contribution is 0.111. The third-order valence-electron chi connectivity index (χ3n) is 6.00. The van der Waals surface area contributed by atoms with Gasteiger partial charge in [0.25, 0.3) is 5.89 Å². The Hall–Kier alpha value is -2.90. The number of benzene rings is 1. The largest absolute Gasteiger partial charge is 0.453 e. The van der Waals surface area contributed by atoms with E-state index in [2.05, 4.69) is 32.1 Å². The minimum Gasteiger partial charge on any atom is -0.453 e. The predicted molar refractivity (Wildman–Crippen MR) is 102 cm³/mol. The molecule has 2 fully saturated rings.